The molecule has 1 rings (SSSR count). The van der Waals surface area contributed by atoms with Gasteiger partial charge in [0.1, 0.15) is 11.9 Å². The lowest BCUT2D eigenvalue weighted by Crippen LogP contribution is -2.38. The second-order valence-corrected chi connectivity index (χ2v) is 4.57. The Labute approximate surface area is 104 Å². The van der Waals surface area contributed by atoms with Crippen molar-refractivity contribution in [2.75, 3.05) is 20.3 Å². The molecule has 1 atom stereocenters. The van der Waals surface area contributed by atoms with Crippen LogP contribution in [0.25, 0.3) is 0 Å². The molecule has 17 heavy (non-hydrogen) atoms. The third kappa shape index (κ3) is 5.71. The van der Waals surface area contributed by atoms with E-state index in [1.165, 1.54) is 5.56 Å². The van der Waals surface area contributed by atoms with Crippen molar-refractivity contribution in [3.05, 3.63) is 29.8 Å². The molecule has 0 amide bonds. The van der Waals surface area contributed by atoms with Crippen LogP contribution in [0.15, 0.2) is 24.3 Å². The van der Waals surface area contributed by atoms with Gasteiger partial charge in [-0.15, -0.1) is 0 Å². The Morgan fingerprint density at radius 1 is 1.29 bits per heavy atom. The number of benzene rings is 1. The average molecular weight is 237 g/mol. The summed E-state index contributed by atoms with van der Waals surface area (Å²) in [6, 6.07) is 8.54. The van der Waals surface area contributed by atoms with Crippen molar-refractivity contribution in [2.45, 2.75) is 32.9 Å². The van der Waals surface area contributed by atoms with Crippen molar-refractivity contribution >= 4 is 0 Å². The lowest BCUT2D eigenvalue weighted by molar-refractivity contribution is 0.0794. The van der Waals surface area contributed by atoms with Crippen LogP contribution in [0.2, 0.25) is 0 Å². The van der Waals surface area contributed by atoms with Crippen LogP contribution >= 0.6 is 0 Å². The number of nitrogens with one attached hydrogen (secondary N) is 1. The zero-order valence-corrected chi connectivity index (χ0v) is 11.2. The molecule has 0 bridgehead atoms. The van der Waals surface area contributed by atoms with Gasteiger partial charge in [-0.05, 0) is 24.6 Å². The predicted molar refractivity (Wildman–Crippen MR) is 70.6 cm³/mol. The summed E-state index contributed by atoms with van der Waals surface area (Å²) >= 11 is 0. The van der Waals surface area contributed by atoms with Crippen molar-refractivity contribution in [3.63, 3.8) is 0 Å². The highest BCUT2D eigenvalue weighted by atomic mass is 16.5. The molecule has 0 fully saturated rings. The minimum atomic E-state index is 0.0456. The highest BCUT2D eigenvalue weighted by Crippen LogP contribution is 2.14. The number of hydrogen-bond acceptors (Lipinski definition) is 3. The van der Waals surface area contributed by atoms with E-state index in [0.29, 0.717) is 12.6 Å². The van der Waals surface area contributed by atoms with Gasteiger partial charge in [0.2, 0.25) is 0 Å². The summed E-state index contributed by atoms with van der Waals surface area (Å²) in [5.41, 5.74) is 1.20. The third-order valence-electron chi connectivity index (χ3n) is 2.40. The molecule has 0 heterocycles. The summed E-state index contributed by atoms with van der Waals surface area (Å²) in [5.74, 6) is 0.901. The van der Waals surface area contributed by atoms with Crippen molar-refractivity contribution in [3.8, 4) is 5.75 Å². The van der Waals surface area contributed by atoms with Crippen molar-refractivity contribution < 1.29 is 9.47 Å². The first-order valence-electron chi connectivity index (χ1n) is 6.07. The second-order valence-electron chi connectivity index (χ2n) is 4.57. The van der Waals surface area contributed by atoms with E-state index in [1.807, 2.05) is 18.2 Å². The van der Waals surface area contributed by atoms with Crippen molar-refractivity contribution in [1.82, 2.24) is 5.32 Å². The SMILES string of the molecule is COCC(CNC(C)C)Oc1cccc(C)c1. The molecule has 0 aliphatic carbocycles. The molecule has 0 aliphatic heterocycles. The Kier molecular flexibility index (Phi) is 6.01. The van der Waals surface area contributed by atoms with Gasteiger partial charge in [-0.1, -0.05) is 26.0 Å². The maximum atomic E-state index is 5.90. The van der Waals surface area contributed by atoms with E-state index >= 15 is 0 Å². The number of aryl methyl sites for hydroxylation is 1. The Morgan fingerprint density at radius 3 is 2.65 bits per heavy atom. The molecule has 1 unspecified atom stereocenters. The zero-order chi connectivity index (χ0) is 12.7. The van der Waals surface area contributed by atoms with E-state index in [-0.39, 0.29) is 6.10 Å². The summed E-state index contributed by atoms with van der Waals surface area (Å²) in [7, 11) is 1.70. The summed E-state index contributed by atoms with van der Waals surface area (Å²) in [6.45, 7) is 7.69. The molecule has 0 saturated carbocycles. The molecule has 0 radical (unpaired) electrons. The first-order chi connectivity index (χ1) is 8.11. The molecule has 1 aromatic rings. The van der Waals surface area contributed by atoms with E-state index < -0.39 is 0 Å². The molecule has 3 nitrogen and oxygen atoms in total. The first-order valence-corrected chi connectivity index (χ1v) is 6.07. The molecule has 1 aromatic carbocycles. The lowest BCUT2D eigenvalue weighted by atomic mass is 10.2. The molecule has 3 heteroatoms. The maximum absolute atomic E-state index is 5.90. The molecular formula is C14H23NO2. The highest BCUT2D eigenvalue weighted by molar-refractivity contribution is 5.27. The maximum Gasteiger partial charge on any atom is 0.134 e. The fourth-order valence-electron chi connectivity index (χ4n) is 1.57. The van der Waals surface area contributed by atoms with Gasteiger partial charge in [0.15, 0.2) is 0 Å². The Balaban J connectivity index is 2.53. The fourth-order valence-corrected chi connectivity index (χ4v) is 1.57. The highest BCUT2D eigenvalue weighted by Gasteiger charge is 2.10. The summed E-state index contributed by atoms with van der Waals surface area (Å²) in [6.07, 6.45) is 0.0456. The van der Waals surface area contributed by atoms with Crippen LogP contribution in [0.5, 0.6) is 5.75 Å². The molecular weight excluding hydrogens is 214 g/mol. The van der Waals surface area contributed by atoms with Crippen molar-refractivity contribution in [2.24, 2.45) is 0 Å². The van der Waals surface area contributed by atoms with E-state index in [9.17, 15) is 0 Å². The van der Waals surface area contributed by atoms with Crippen LogP contribution in [-0.2, 0) is 4.74 Å². The molecule has 0 aliphatic rings. The lowest BCUT2D eigenvalue weighted by Gasteiger charge is -2.20. The van der Waals surface area contributed by atoms with Crippen LogP contribution in [0.3, 0.4) is 0 Å². The van der Waals surface area contributed by atoms with E-state index in [0.717, 1.165) is 12.3 Å². The standard InChI is InChI=1S/C14H23NO2/c1-11(2)15-9-14(10-16-4)17-13-7-5-6-12(3)8-13/h5-8,11,14-15H,9-10H2,1-4H3. The summed E-state index contributed by atoms with van der Waals surface area (Å²) < 4.78 is 11.1. The zero-order valence-electron chi connectivity index (χ0n) is 11.2. The van der Waals surface area contributed by atoms with Crippen LogP contribution in [0.4, 0.5) is 0 Å². The van der Waals surface area contributed by atoms with Gasteiger partial charge in [0.05, 0.1) is 6.61 Å². The van der Waals surface area contributed by atoms with Crippen LogP contribution in [0.1, 0.15) is 19.4 Å². The number of hydrogen-bond donors (Lipinski definition) is 1. The van der Waals surface area contributed by atoms with Gasteiger partial charge >= 0.3 is 0 Å². The normalized spacial score (nSPS) is 12.8. The molecule has 1 N–H and O–H groups in total. The number of rotatable bonds is 7. The monoisotopic (exact) mass is 237 g/mol. The minimum absolute atomic E-state index is 0.0456. The van der Waals surface area contributed by atoms with Crippen molar-refractivity contribution in [1.29, 1.82) is 0 Å². The third-order valence-corrected chi connectivity index (χ3v) is 2.40. The Morgan fingerprint density at radius 2 is 2.06 bits per heavy atom. The largest absolute Gasteiger partial charge is 0.487 e. The van der Waals surface area contributed by atoms with E-state index in [4.69, 9.17) is 9.47 Å². The van der Waals surface area contributed by atoms with Gasteiger partial charge in [0.25, 0.3) is 0 Å². The summed E-state index contributed by atoms with van der Waals surface area (Å²) in [4.78, 5) is 0. The van der Waals surface area contributed by atoms with E-state index in [1.54, 1.807) is 7.11 Å². The van der Waals surface area contributed by atoms with Gasteiger partial charge in [-0.3, -0.25) is 0 Å². The van der Waals surface area contributed by atoms with Crippen LogP contribution in [0, 0.1) is 6.92 Å². The Hall–Kier alpha value is -1.06. The average Bonchev–Trinajstić information content (AvgIpc) is 2.26. The van der Waals surface area contributed by atoms with Gasteiger partial charge in [0, 0.05) is 19.7 Å². The van der Waals surface area contributed by atoms with Crippen LogP contribution in [-0.4, -0.2) is 32.4 Å². The van der Waals surface area contributed by atoms with E-state index in [2.05, 4.69) is 32.2 Å². The molecule has 96 valence electrons. The topological polar surface area (TPSA) is 30.5 Å². The molecule has 0 aromatic heterocycles. The van der Waals surface area contributed by atoms with Gasteiger partial charge in [-0.25, -0.2) is 0 Å². The molecule has 0 saturated heterocycles. The first kappa shape index (κ1) is 14.0. The summed E-state index contributed by atoms with van der Waals surface area (Å²) in [5, 5.41) is 3.36. The quantitative estimate of drug-likeness (QED) is 0.790. The minimum Gasteiger partial charge on any atom is -0.487 e. The Bertz CT molecular complexity index is 326. The number of methoxy groups -OCH3 is 1. The van der Waals surface area contributed by atoms with Gasteiger partial charge in [-0.2, -0.15) is 0 Å². The smallest absolute Gasteiger partial charge is 0.134 e. The fraction of sp³-hybridized carbons (Fsp3) is 0.571. The second kappa shape index (κ2) is 7.30. The molecule has 0 spiro atoms. The van der Waals surface area contributed by atoms with Crippen LogP contribution < -0.4 is 10.1 Å². The number of ether oxygens (including phenoxy) is 2. The van der Waals surface area contributed by atoms with Gasteiger partial charge < -0.3 is 14.8 Å². The predicted octanol–water partition coefficient (Wildman–Crippen LogP) is 2.39.